The molecule has 0 unspecified atom stereocenters. The van der Waals surface area contributed by atoms with Gasteiger partial charge in [0.1, 0.15) is 17.1 Å². The van der Waals surface area contributed by atoms with Crippen molar-refractivity contribution in [2.75, 3.05) is 33.4 Å². The van der Waals surface area contributed by atoms with Crippen LogP contribution in [0.15, 0.2) is 53.5 Å². The molecule has 0 aliphatic carbocycles. The summed E-state index contributed by atoms with van der Waals surface area (Å²) in [4.78, 5) is 36.2. The van der Waals surface area contributed by atoms with Crippen molar-refractivity contribution in [1.82, 2.24) is 20.2 Å². The second-order valence-electron chi connectivity index (χ2n) is 9.37. The van der Waals surface area contributed by atoms with Gasteiger partial charge in [-0.15, -0.1) is 0 Å². The molecule has 0 saturated carbocycles. The highest BCUT2D eigenvalue weighted by Gasteiger charge is 2.42. The zero-order valence-electron chi connectivity index (χ0n) is 20.4. The first-order valence-electron chi connectivity index (χ1n) is 12.2. The number of benzene rings is 1. The Kier molecular flexibility index (Phi) is 7.11. The van der Waals surface area contributed by atoms with E-state index in [-0.39, 0.29) is 18.2 Å². The average Bonchev–Trinajstić information content (AvgIpc) is 3.42. The fourth-order valence-electron chi connectivity index (χ4n) is 4.85. The van der Waals surface area contributed by atoms with Gasteiger partial charge in [-0.1, -0.05) is 0 Å². The SMILES string of the molecule is COCCCN1CCC2(CC1)CC(=O)c1cc(-c3ccc(C(=O)NCc4cnco4)cn3)ccc1O2. The Bertz CT molecular complexity index is 1200. The monoisotopic (exact) mass is 490 g/mol. The first kappa shape index (κ1) is 24.1. The number of ether oxygens (including phenoxy) is 2. The molecule has 1 aromatic carbocycles. The van der Waals surface area contributed by atoms with E-state index in [0.717, 1.165) is 51.1 Å². The van der Waals surface area contributed by atoms with Crippen LogP contribution in [0.4, 0.5) is 0 Å². The van der Waals surface area contributed by atoms with Crippen molar-refractivity contribution < 1.29 is 23.5 Å². The lowest BCUT2D eigenvalue weighted by molar-refractivity contribution is -0.0101. The largest absolute Gasteiger partial charge is 0.486 e. The number of carbonyl (C=O) groups is 2. The van der Waals surface area contributed by atoms with E-state index in [1.54, 1.807) is 25.4 Å². The van der Waals surface area contributed by atoms with Gasteiger partial charge in [-0.05, 0) is 36.8 Å². The smallest absolute Gasteiger partial charge is 0.253 e. The number of likely N-dealkylation sites (tertiary alicyclic amines) is 1. The number of oxazole rings is 1. The number of carbonyl (C=O) groups excluding carboxylic acids is 2. The third-order valence-electron chi connectivity index (χ3n) is 6.91. The number of amides is 1. The summed E-state index contributed by atoms with van der Waals surface area (Å²) < 4.78 is 16.7. The molecular formula is C27H30N4O5. The van der Waals surface area contributed by atoms with Gasteiger partial charge in [-0.25, -0.2) is 4.98 Å². The van der Waals surface area contributed by atoms with Crippen LogP contribution in [0.3, 0.4) is 0 Å². The van der Waals surface area contributed by atoms with Gasteiger partial charge in [0.25, 0.3) is 5.91 Å². The third-order valence-corrected chi connectivity index (χ3v) is 6.91. The van der Waals surface area contributed by atoms with Gasteiger partial charge >= 0.3 is 0 Å². The Balaban J connectivity index is 1.23. The number of fused-ring (bicyclic) bond motifs is 1. The van der Waals surface area contributed by atoms with Crippen molar-refractivity contribution in [3.05, 3.63) is 66.0 Å². The molecule has 9 nitrogen and oxygen atoms in total. The summed E-state index contributed by atoms with van der Waals surface area (Å²) in [5, 5.41) is 2.77. The summed E-state index contributed by atoms with van der Waals surface area (Å²) in [5.41, 5.74) is 2.11. The maximum absolute atomic E-state index is 13.2. The summed E-state index contributed by atoms with van der Waals surface area (Å²) >= 11 is 0. The third kappa shape index (κ3) is 5.32. The fraction of sp³-hybridized carbons (Fsp3) is 0.407. The molecule has 1 amide bonds. The molecule has 0 bridgehead atoms. The number of rotatable bonds is 8. The van der Waals surface area contributed by atoms with Gasteiger partial charge in [-0.2, -0.15) is 0 Å². The first-order chi connectivity index (χ1) is 17.5. The molecule has 1 fully saturated rings. The number of ketones is 1. The number of nitrogens with zero attached hydrogens (tertiary/aromatic N) is 3. The van der Waals surface area contributed by atoms with Crippen LogP contribution in [0.1, 0.15) is 52.2 Å². The molecule has 36 heavy (non-hydrogen) atoms. The molecule has 9 heteroatoms. The highest BCUT2D eigenvalue weighted by atomic mass is 16.5. The van der Waals surface area contributed by atoms with E-state index in [4.69, 9.17) is 13.9 Å². The predicted molar refractivity (Wildman–Crippen MR) is 132 cm³/mol. The lowest BCUT2D eigenvalue weighted by atomic mass is 9.82. The summed E-state index contributed by atoms with van der Waals surface area (Å²) in [6.45, 7) is 3.87. The fourth-order valence-corrected chi connectivity index (χ4v) is 4.85. The molecule has 188 valence electrons. The van der Waals surface area contributed by atoms with E-state index in [2.05, 4.69) is 20.2 Å². The lowest BCUT2D eigenvalue weighted by Crippen LogP contribution is -2.51. The van der Waals surface area contributed by atoms with Crippen LogP contribution in [0.5, 0.6) is 5.75 Å². The Morgan fingerprint density at radius 1 is 1.19 bits per heavy atom. The topological polar surface area (TPSA) is 107 Å². The summed E-state index contributed by atoms with van der Waals surface area (Å²) in [5.74, 6) is 1.07. The molecule has 3 aromatic rings. The van der Waals surface area contributed by atoms with Gasteiger partial charge in [0, 0.05) is 58.0 Å². The highest BCUT2D eigenvalue weighted by molar-refractivity contribution is 6.01. The van der Waals surface area contributed by atoms with E-state index in [1.807, 2.05) is 18.2 Å². The van der Waals surface area contributed by atoms with Crippen LogP contribution >= 0.6 is 0 Å². The molecule has 1 saturated heterocycles. The van der Waals surface area contributed by atoms with Gasteiger partial charge in [0.15, 0.2) is 12.2 Å². The zero-order chi connectivity index (χ0) is 25.0. The number of nitrogens with one attached hydrogen (secondary N) is 1. The Morgan fingerprint density at radius 3 is 2.78 bits per heavy atom. The van der Waals surface area contributed by atoms with Crippen LogP contribution in [0.25, 0.3) is 11.3 Å². The molecule has 2 aliphatic heterocycles. The van der Waals surface area contributed by atoms with Crippen LogP contribution in [-0.2, 0) is 11.3 Å². The van der Waals surface area contributed by atoms with Crippen LogP contribution < -0.4 is 10.1 Å². The number of aromatic nitrogens is 2. The minimum Gasteiger partial charge on any atom is -0.486 e. The zero-order valence-corrected chi connectivity index (χ0v) is 20.4. The molecule has 1 N–H and O–H groups in total. The standard InChI is InChI=1S/C27H30N4O5/c1-34-12-2-9-31-10-7-27(8-11-31)14-24(32)22-13-19(4-6-25(22)36-27)23-5-3-20(15-29-23)26(33)30-17-21-16-28-18-35-21/h3-6,13,15-16,18H,2,7-12,14,17H2,1H3,(H,30,33). The van der Waals surface area contributed by atoms with Crippen LogP contribution in [-0.4, -0.2) is 65.5 Å². The van der Waals surface area contributed by atoms with Gasteiger partial charge in [0.2, 0.25) is 0 Å². The number of piperidine rings is 1. The summed E-state index contributed by atoms with van der Waals surface area (Å²) in [6.07, 6.45) is 7.49. The average molecular weight is 491 g/mol. The van der Waals surface area contributed by atoms with Crippen LogP contribution in [0, 0.1) is 0 Å². The van der Waals surface area contributed by atoms with Gasteiger partial charge < -0.3 is 24.1 Å². The number of methoxy groups -OCH3 is 1. The van der Waals surface area contributed by atoms with E-state index in [9.17, 15) is 9.59 Å². The summed E-state index contributed by atoms with van der Waals surface area (Å²) in [6, 6.07) is 9.12. The Hall–Kier alpha value is -3.56. The highest BCUT2D eigenvalue weighted by Crippen LogP contribution is 2.40. The van der Waals surface area contributed by atoms with Crippen molar-refractivity contribution in [3.63, 3.8) is 0 Å². The van der Waals surface area contributed by atoms with Crippen molar-refractivity contribution in [1.29, 1.82) is 0 Å². The van der Waals surface area contributed by atoms with Crippen molar-refractivity contribution in [2.24, 2.45) is 0 Å². The molecule has 5 rings (SSSR count). The Labute approximate surface area is 209 Å². The van der Waals surface area contributed by atoms with E-state index < -0.39 is 5.60 Å². The van der Waals surface area contributed by atoms with Gasteiger partial charge in [0.05, 0.1) is 36.0 Å². The molecule has 0 atom stereocenters. The summed E-state index contributed by atoms with van der Waals surface area (Å²) in [7, 11) is 1.72. The van der Waals surface area contributed by atoms with Crippen molar-refractivity contribution in [3.8, 4) is 17.0 Å². The maximum Gasteiger partial charge on any atom is 0.253 e. The number of Topliss-reactive ketones (excluding diaryl/α,β-unsaturated/α-hetero) is 1. The molecule has 2 aromatic heterocycles. The normalized spacial score (nSPS) is 17.0. The van der Waals surface area contributed by atoms with Gasteiger partial charge in [-0.3, -0.25) is 14.6 Å². The Morgan fingerprint density at radius 2 is 2.06 bits per heavy atom. The molecular weight excluding hydrogens is 460 g/mol. The first-order valence-corrected chi connectivity index (χ1v) is 12.2. The minimum absolute atomic E-state index is 0.106. The van der Waals surface area contributed by atoms with Crippen molar-refractivity contribution in [2.45, 2.75) is 37.8 Å². The second-order valence-corrected chi connectivity index (χ2v) is 9.37. The second kappa shape index (κ2) is 10.6. The van der Waals surface area contributed by atoms with E-state index in [1.165, 1.54) is 12.6 Å². The van der Waals surface area contributed by atoms with E-state index >= 15 is 0 Å². The molecule has 2 aliphatic rings. The molecule has 1 spiro atoms. The predicted octanol–water partition coefficient (Wildman–Crippen LogP) is 3.50. The van der Waals surface area contributed by atoms with E-state index in [0.29, 0.717) is 34.8 Å². The number of hydrogen-bond acceptors (Lipinski definition) is 8. The number of hydrogen-bond donors (Lipinski definition) is 1. The molecule has 0 radical (unpaired) electrons. The van der Waals surface area contributed by atoms with Crippen molar-refractivity contribution >= 4 is 11.7 Å². The molecule has 4 heterocycles. The number of pyridine rings is 1. The van der Waals surface area contributed by atoms with Crippen LogP contribution in [0.2, 0.25) is 0 Å². The lowest BCUT2D eigenvalue weighted by Gasteiger charge is -2.44. The minimum atomic E-state index is -0.414. The maximum atomic E-state index is 13.2. The quantitative estimate of drug-likeness (QED) is 0.478.